The van der Waals surface area contributed by atoms with Crippen molar-refractivity contribution in [2.45, 2.75) is 22.9 Å². The lowest BCUT2D eigenvalue weighted by molar-refractivity contribution is -0.139. The molecule has 142 valence electrons. The Morgan fingerprint density at radius 3 is 2.65 bits per heavy atom. The van der Waals surface area contributed by atoms with Crippen LogP contribution in [0.1, 0.15) is 12.0 Å². The number of halogens is 3. The summed E-state index contributed by atoms with van der Waals surface area (Å²) in [5.41, 5.74) is -0.904. The summed E-state index contributed by atoms with van der Waals surface area (Å²) in [7, 11) is -1.99. The first-order valence-electron chi connectivity index (χ1n) is 7.78. The van der Waals surface area contributed by atoms with Gasteiger partial charge < -0.3 is 9.64 Å². The molecule has 1 fully saturated rings. The van der Waals surface area contributed by atoms with Gasteiger partial charge in [0, 0.05) is 19.2 Å². The SMILES string of the molecule is CN1CC[C@@H](Oc2cc(NS(=O)(=O)c3cccs3)ccc2C(F)(F)F)C1. The van der Waals surface area contributed by atoms with Gasteiger partial charge in [-0.05, 0) is 37.0 Å². The highest BCUT2D eigenvalue weighted by atomic mass is 32.2. The molecule has 0 amide bonds. The normalized spacial score (nSPS) is 18.8. The maximum absolute atomic E-state index is 13.3. The number of nitrogens with one attached hydrogen (secondary N) is 1. The topological polar surface area (TPSA) is 58.6 Å². The highest BCUT2D eigenvalue weighted by Crippen LogP contribution is 2.39. The van der Waals surface area contributed by atoms with Crippen molar-refractivity contribution in [2.75, 3.05) is 24.9 Å². The van der Waals surface area contributed by atoms with E-state index < -0.39 is 21.8 Å². The van der Waals surface area contributed by atoms with Crippen molar-refractivity contribution in [3.8, 4) is 5.75 Å². The highest BCUT2D eigenvalue weighted by Gasteiger charge is 2.36. The first-order valence-corrected chi connectivity index (χ1v) is 10.1. The lowest BCUT2D eigenvalue weighted by atomic mass is 10.1. The number of likely N-dealkylation sites (N-methyl/N-ethyl adjacent to an activating group) is 1. The molecule has 2 aromatic rings. The van der Waals surface area contributed by atoms with Gasteiger partial charge in [0.25, 0.3) is 10.0 Å². The molecule has 3 rings (SSSR count). The van der Waals surface area contributed by atoms with E-state index in [-0.39, 0.29) is 21.8 Å². The second-order valence-corrected chi connectivity index (χ2v) is 8.89. The number of thiophene rings is 1. The Balaban J connectivity index is 1.89. The van der Waals surface area contributed by atoms with E-state index in [9.17, 15) is 21.6 Å². The van der Waals surface area contributed by atoms with Gasteiger partial charge in [-0.25, -0.2) is 8.42 Å². The Labute approximate surface area is 153 Å². The van der Waals surface area contributed by atoms with E-state index in [1.165, 1.54) is 6.07 Å². The molecule has 2 heterocycles. The third kappa shape index (κ3) is 4.30. The summed E-state index contributed by atoms with van der Waals surface area (Å²) in [6.07, 6.45) is -4.35. The Morgan fingerprint density at radius 2 is 2.08 bits per heavy atom. The van der Waals surface area contributed by atoms with Crippen molar-refractivity contribution in [2.24, 2.45) is 0 Å². The molecule has 5 nitrogen and oxygen atoms in total. The van der Waals surface area contributed by atoms with Crippen LogP contribution >= 0.6 is 11.3 Å². The molecule has 26 heavy (non-hydrogen) atoms. The molecular weight excluding hydrogens is 389 g/mol. The zero-order chi connectivity index (χ0) is 18.9. The number of rotatable bonds is 5. The van der Waals surface area contributed by atoms with Crippen molar-refractivity contribution in [3.05, 3.63) is 41.3 Å². The van der Waals surface area contributed by atoms with Crippen LogP contribution in [0.5, 0.6) is 5.75 Å². The number of benzene rings is 1. The minimum absolute atomic E-state index is 0.0211. The van der Waals surface area contributed by atoms with Crippen LogP contribution in [0.3, 0.4) is 0 Å². The molecule has 0 bridgehead atoms. The minimum atomic E-state index is -4.59. The Morgan fingerprint density at radius 1 is 1.31 bits per heavy atom. The van der Waals surface area contributed by atoms with Crippen LogP contribution in [0.2, 0.25) is 0 Å². The maximum Gasteiger partial charge on any atom is 0.419 e. The second kappa shape index (κ2) is 7.09. The lowest BCUT2D eigenvalue weighted by Gasteiger charge is -2.19. The average Bonchev–Trinajstić information content (AvgIpc) is 3.18. The Hall–Kier alpha value is -1.78. The molecule has 0 aliphatic carbocycles. The predicted molar refractivity (Wildman–Crippen MR) is 93.1 cm³/mol. The van der Waals surface area contributed by atoms with Crippen LogP contribution in [-0.4, -0.2) is 39.6 Å². The van der Waals surface area contributed by atoms with Crippen LogP contribution in [0.4, 0.5) is 18.9 Å². The van der Waals surface area contributed by atoms with Crippen LogP contribution < -0.4 is 9.46 Å². The van der Waals surface area contributed by atoms with Gasteiger partial charge in [0.2, 0.25) is 0 Å². The van der Waals surface area contributed by atoms with Gasteiger partial charge in [-0.3, -0.25) is 4.72 Å². The van der Waals surface area contributed by atoms with Gasteiger partial charge in [-0.2, -0.15) is 13.2 Å². The summed E-state index contributed by atoms with van der Waals surface area (Å²) in [4.78, 5) is 1.96. The van der Waals surface area contributed by atoms with Gasteiger partial charge >= 0.3 is 6.18 Å². The van der Waals surface area contributed by atoms with Gasteiger partial charge in [-0.1, -0.05) is 6.07 Å². The standard InChI is InChI=1S/C16H17F3N2O3S2/c1-21-7-6-12(10-21)24-14-9-11(4-5-13(14)16(17,18)19)20-26(22,23)15-3-2-8-25-15/h2-5,8-9,12,20H,6-7,10H2,1H3/t12-/m1/s1. The van der Waals surface area contributed by atoms with E-state index in [4.69, 9.17) is 4.74 Å². The summed E-state index contributed by atoms with van der Waals surface area (Å²) < 4.78 is 72.3. The molecule has 0 unspecified atom stereocenters. The number of anilines is 1. The minimum Gasteiger partial charge on any atom is -0.488 e. The summed E-state index contributed by atoms with van der Waals surface area (Å²) in [6.45, 7) is 1.25. The van der Waals surface area contributed by atoms with Crippen molar-refractivity contribution < 1.29 is 26.3 Å². The van der Waals surface area contributed by atoms with Gasteiger partial charge in [-0.15, -0.1) is 11.3 Å². The fourth-order valence-corrected chi connectivity index (χ4v) is 4.75. The Bertz CT molecular complexity index is 867. The third-order valence-corrected chi connectivity index (χ3v) is 6.72. The van der Waals surface area contributed by atoms with E-state index >= 15 is 0 Å². The molecular formula is C16H17F3N2O3S2. The molecule has 1 aliphatic rings. The van der Waals surface area contributed by atoms with E-state index in [1.54, 1.807) is 11.4 Å². The van der Waals surface area contributed by atoms with E-state index in [2.05, 4.69) is 4.72 Å². The van der Waals surface area contributed by atoms with Crippen LogP contribution in [0.25, 0.3) is 0 Å². The van der Waals surface area contributed by atoms with Gasteiger partial charge in [0.15, 0.2) is 0 Å². The molecule has 0 saturated carbocycles. The number of nitrogens with zero attached hydrogens (tertiary/aromatic N) is 1. The van der Waals surface area contributed by atoms with Gasteiger partial charge in [0.05, 0.1) is 11.3 Å². The summed E-state index contributed by atoms with van der Waals surface area (Å²) >= 11 is 1.02. The number of sulfonamides is 1. The first-order chi connectivity index (χ1) is 12.1. The molecule has 1 aliphatic heterocycles. The molecule has 1 atom stereocenters. The Kier molecular flexibility index (Phi) is 5.18. The van der Waals surface area contributed by atoms with E-state index in [0.29, 0.717) is 13.0 Å². The van der Waals surface area contributed by atoms with Crippen molar-refractivity contribution in [1.29, 1.82) is 0 Å². The van der Waals surface area contributed by atoms with Crippen LogP contribution in [-0.2, 0) is 16.2 Å². The summed E-state index contributed by atoms with van der Waals surface area (Å²) in [5.74, 6) is -0.371. The summed E-state index contributed by atoms with van der Waals surface area (Å²) in [5, 5.41) is 1.60. The number of likely N-dealkylation sites (tertiary alicyclic amines) is 1. The first kappa shape index (κ1) is 19.0. The number of alkyl halides is 3. The fraction of sp³-hybridized carbons (Fsp3) is 0.375. The molecule has 0 spiro atoms. The quantitative estimate of drug-likeness (QED) is 0.824. The summed E-state index contributed by atoms with van der Waals surface area (Å²) in [6, 6.07) is 6.01. The third-order valence-electron chi connectivity index (χ3n) is 3.94. The molecule has 1 aromatic carbocycles. The number of hydrogen-bond acceptors (Lipinski definition) is 5. The van der Waals surface area contributed by atoms with Crippen LogP contribution in [0, 0.1) is 0 Å². The smallest absolute Gasteiger partial charge is 0.419 e. The molecule has 1 aromatic heterocycles. The molecule has 0 radical (unpaired) electrons. The number of ether oxygens (including phenoxy) is 1. The van der Waals surface area contributed by atoms with Crippen molar-refractivity contribution in [3.63, 3.8) is 0 Å². The molecule has 1 N–H and O–H groups in total. The largest absolute Gasteiger partial charge is 0.488 e. The van der Waals surface area contributed by atoms with Crippen molar-refractivity contribution in [1.82, 2.24) is 4.90 Å². The molecule has 10 heteroatoms. The van der Waals surface area contributed by atoms with E-state index in [1.807, 2.05) is 11.9 Å². The fourth-order valence-electron chi connectivity index (χ4n) is 2.71. The van der Waals surface area contributed by atoms with Gasteiger partial charge in [0.1, 0.15) is 16.1 Å². The van der Waals surface area contributed by atoms with Crippen molar-refractivity contribution >= 4 is 27.0 Å². The highest BCUT2D eigenvalue weighted by molar-refractivity contribution is 7.94. The monoisotopic (exact) mass is 406 g/mol. The molecule has 1 saturated heterocycles. The lowest BCUT2D eigenvalue weighted by Crippen LogP contribution is -2.23. The average molecular weight is 406 g/mol. The predicted octanol–water partition coefficient (Wildman–Crippen LogP) is 3.65. The maximum atomic E-state index is 13.3. The zero-order valence-electron chi connectivity index (χ0n) is 13.8. The van der Waals surface area contributed by atoms with E-state index in [0.717, 1.165) is 36.1 Å². The number of hydrogen-bond donors (Lipinski definition) is 1. The zero-order valence-corrected chi connectivity index (χ0v) is 15.4. The van der Waals surface area contributed by atoms with Crippen LogP contribution in [0.15, 0.2) is 39.9 Å². The second-order valence-electron chi connectivity index (χ2n) is 6.04.